The Balaban J connectivity index is 1.82. The third kappa shape index (κ3) is 2.99. The van der Waals surface area contributed by atoms with E-state index in [-0.39, 0.29) is 18.7 Å². The molecule has 0 saturated carbocycles. The summed E-state index contributed by atoms with van der Waals surface area (Å²) in [5.41, 5.74) is 1.48. The highest BCUT2D eigenvalue weighted by atomic mass is 35.5. The van der Waals surface area contributed by atoms with E-state index in [1.54, 1.807) is 31.2 Å². The van der Waals surface area contributed by atoms with Gasteiger partial charge in [-0.3, -0.25) is 4.79 Å². The Labute approximate surface area is 145 Å². The first kappa shape index (κ1) is 16.5. The van der Waals surface area contributed by atoms with Gasteiger partial charge in [-0.15, -0.1) is 0 Å². The molecule has 2 aromatic rings. The van der Waals surface area contributed by atoms with Gasteiger partial charge in [0.15, 0.2) is 11.5 Å². The average molecular weight is 348 g/mol. The molecule has 0 aliphatic carbocycles. The number of methoxy groups -OCH3 is 1. The molecular weight excluding hydrogens is 330 g/mol. The van der Waals surface area contributed by atoms with Crippen LogP contribution < -0.4 is 14.2 Å². The number of rotatable bonds is 4. The van der Waals surface area contributed by atoms with Gasteiger partial charge in [-0.2, -0.15) is 0 Å². The summed E-state index contributed by atoms with van der Waals surface area (Å²) in [5, 5.41) is 0.374. The second-order valence-corrected chi connectivity index (χ2v) is 5.96. The largest absolute Gasteiger partial charge is 0.497 e. The highest BCUT2D eigenvalue weighted by molar-refractivity contribution is 6.32. The number of carbonyl (C=O) groups is 1. The maximum Gasteiger partial charge on any atom is 0.254 e. The molecular formula is C18H18ClNO4. The van der Waals surface area contributed by atoms with Crippen LogP contribution in [0, 0.1) is 0 Å². The quantitative estimate of drug-likeness (QED) is 0.841. The molecule has 0 bridgehead atoms. The SMILES string of the molecule is COc1ccc(C(C)N(C)C(=O)c2cc(Cl)c3c(c2)OCO3)cc1. The van der Waals surface area contributed by atoms with E-state index < -0.39 is 0 Å². The van der Waals surface area contributed by atoms with Crippen molar-refractivity contribution in [2.45, 2.75) is 13.0 Å². The van der Waals surface area contributed by atoms with Crippen molar-refractivity contribution in [1.82, 2.24) is 4.90 Å². The first-order valence-corrected chi connectivity index (χ1v) is 7.89. The number of ether oxygens (including phenoxy) is 3. The van der Waals surface area contributed by atoms with E-state index in [9.17, 15) is 4.79 Å². The van der Waals surface area contributed by atoms with E-state index in [1.807, 2.05) is 31.2 Å². The number of hydrogen-bond donors (Lipinski definition) is 0. The second kappa shape index (κ2) is 6.61. The van der Waals surface area contributed by atoms with Crippen LogP contribution in [-0.2, 0) is 0 Å². The van der Waals surface area contributed by atoms with Gasteiger partial charge in [-0.25, -0.2) is 0 Å². The van der Waals surface area contributed by atoms with Gasteiger partial charge in [-0.05, 0) is 36.8 Å². The lowest BCUT2D eigenvalue weighted by Gasteiger charge is -2.25. The molecule has 24 heavy (non-hydrogen) atoms. The van der Waals surface area contributed by atoms with Crippen molar-refractivity contribution >= 4 is 17.5 Å². The van der Waals surface area contributed by atoms with Crippen molar-refractivity contribution in [2.75, 3.05) is 21.0 Å². The molecule has 1 atom stereocenters. The minimum atomic E-state index is -0.140. The van der Waals surface area contributed by atoms with E-state index in [4.69, 9.17) is 25.8 Å². The Bertz CT molecular complexity index is 760. The molecule has 3 rings (SSSR count). The van der Waals surface area contributed by atoms with Crippen LogP contribution in [0.15, 0.2) is 36.4 Å². The summed E-state index contributed by atoms with van der Waals surface area (Å²) < 4.78 is 15.8. The van der Waals surface area contributed by atoms with Gasteiger partial charge in [0.05, 0.1) is 18.2 Å². The molecule has 1 aliphatic heterocycles. The molecule has 0 fully saturated rings. The lowest BCUT2D eigenvalue weighted by atomic mass is 10.1. The van der Waals surface area contributed by atoms with Crippen LogP contribution in [0.4, 0.5) is 0 Å². The van der Waals surface area contributed by atoms with Crippen molar-refractivity contribution in [3.05, 3.63) is 52.5 Å². The number of nitrogens with zero attached hydrogens (tertiary/aromatic N) is 1. The highest BCUT2D eigenvalue weighted by Gasteiger charge is 2.24. The predicted molar refractivity (Wildman–Crippen MR) is 91.1 cm³/mol. The zero-order chi connectivity index (χ0) is 17.3. The van der Waals surface area contributed by atoms with Crippen LogP contribution >= 0.6 is 11.6 Å². The number of hydrogen-bond acceptors (Lipinski definition) is 4. The van der Waals surface area contributed by atoms with E-state index in [0.717, 1.165) is 11.3 Å². The molecule has 0 aromatic heterocycles. The highest BCUT2D eigenvalue weighted by Crippen LogP contribution is 2.40. The van der Waals surface area contributed by atoms with E-state index >= 15 is 0 Å². The first-order chi connectivity index (χ1) is 11.5. The van der Waals surface area contributed by atoms with Gasteiger partial charge >= 0.3 is 0 Å². The van der Waals surface area contributed by atoms with Crippen LogP contribution in [0.25, 0.3) is 0 Å². The van der Waals surface area contributed by atoms with Gasteiger partial charge in [0, 0.05) is 12.6 Å². The van der Waals surface area contributed by atoms with Crippen LogP contribution in [0.3, 0.4) is 0 Å². The van der Waals surface area contributed by atoms with Gasteiger partial charge in [-0.1, -0.05) is 23.7 Å². The van der Waals surface area contributed by atoms with Crippen LogP contribution in [0.1, 0.15) is 28.9 Å². The standard InChI is InChI=1S/C18H18ClNO4/c1-11(12-4-6-14(22-3)7-5-12)20(2)18(21)13-8-15(19)17-16(9-13)23-10-24-17/h4-9,11H,10H2,1-3H3. The van der Waals surface area contributed by atoms with E-state index in [1.165, 1.54) is 0 Å². The average Bonchev–Trinajstić information content (AvgIpc) is 3.09. The molecule has 2 aromatic carbocycles. The third-order valence-corrected chi connectivity index (χ3v) is 4.45. The zero-order valence-corrected chi connectivity index (χ0v) is 14.5. The number of carbonyl (C=O) groups excluding carboxylic acids is 1. The van der Waals surface area contributed by atoms with Crippen LogP contribution in [-0.4, -0.2) is 31.8 Å². The number of amides is 1. The van der Waals surface area contributed by atoms with Gasteiger partial charge < -0.3 is 19.1 Å². The Hall–Kier alpha value is -2.40. The smallest absolute Gasteiger partial charge is 0.254 e. The van der Waals surface area contributed by atoms with Crippen molar-refractivity contribution in [3.63, 3.8) is 0 Å². The summed E-state index contributed by atoms with van der Waals surface area (Å²) in [6.07, 6.45) is 0. The Morgan fingerprint density at radius 1 is 1.25 bits per heavy atom. The van der Waals surface area contributed by atoms with Gasteiger partial charge in [0.2, 0.25) is 6.79 Å². The Morgan fingerprint density at radius 2 is 1.96 bits per heavy atom. The summed E-state index contributed by atoms with van der Waals surface area (Å²) in [7, 11) is 3.38. The van der Waals surface area contributed by atoms with Crippen molar-refractivity contribution in [1.29, 1.82) is 0 Å². The summed E-state index contributed by atoms with van der Waals surface area (Å²) in [5.74, 6) is 1.62. The Morgan fingerprint density at radius 3 is 2.62 bits per heavy atom. The summed E-state index contributed by atoms with van der Waals surface area (Å²) in [4.78, 5) is 14.4. The molecule has 0 spiro atoms. The molecule has 0 N–H and O–H groups in total. The molecule has 0 saturated heterocycles. The summed E-state index contributed by atoms with van der Waals surface area (Å²) >= 11 is 6.16. The molecule has 1 aliphatic rings. The molecule has 126 valence electrons. The Kier molecular flexibility index (Phi) is 4.53. The number of benzene rings is 2. The van der Waals surface area contributed by atoms with E-state index in [0.29, 0.717) is 22.1 Å². The van der Waals surface area contributed by atoms with E-state index in [2.05, 4.69) is 0 Å². The topological polar surface area (TPSA) is 48.0 Å². The normalized spacial score (nSPS) is 13.5. The van der Waals surface area contributed by atoms with Crippen LogP contribution in [0.5, 0.6) is 17.2 Å². The zero-order valence-electron chi connectivity index (χ0n) is 13.7. The minimum Gasteiger partial charge on any atom is -0.497 e. The fourth-order valence-corrected chi connectivity index (χ4v) is 2.84. The molecule has 1 heterocycles. The first-order valence-electron chi connectivity index (χ1n) is 7.51. The molecule has 5 nitrogen and oxygen atoms in total. The molecule has 0 radical (unpaired) electrons. The van der Waals surface area contributed by atoms with Crippen molar-refractivity contribution < 1.29 is 19.0 Å². The molecule has 1 amide bonds. The third-order valence-electron chi connectivity index (χ3n) is 4.17. The predicted octanol–water partition coefficient (Wildman–Crippen LogP) is 3.91. The van der Waals surface area contributed by atoms with Gasteiger partial charge in [0.1, 0.15) is 5.75 Å². The lowest BCUT2D eigenvalue weighted by Crippen LogP contribution is -2.29. The fourth-order valence-electron chi connectivity index (χ4n) is 2.58. The second-order valence-electron chi connectivity index (χ2n) is 5.56. The molecule has 6 heteroatoms. The van der Waals surface area contributed by atoms with Gasteiger partial charge in [0.25, 0.3) is 5.91 Å². The number of halogens is 1. The number of fused-ring (bicyclic) bond motifs is 1. The summed E-state index contributed by atoms with van der Waals surface area (Å²) in [6, 6.07) is 10.8. The monoisotopic (exact) mass is 347 g/mol. The maximum atomic E-state index is 12.8. The summed E-state index contributed by atoms with van der Waals surface area (Å²) in [6.45, 7) is 2.08. The molecule has 1 unspecified atom stereocenters. The van der Waals surface area contributed by atoms with Crippen LogP contribution in [0.2, 0.25) is 5.02 Å². The fraction of sp³-hybridized carbons (Fsp3) is 0.278. The maximum absolute atomic E-state index is 12.8. The lowest BCUT2D eigenvalue weighted by molar-refractivity contribution is 0.0742. The minimum absolute atomic E-state index is 0.104. The van der Waals surface area contributed by atoms with Crippen molar-refractivity contribution in [2.24, 2.45) is 0 Å². The van der Waals surface area contributed by atoms with Crippen molar-refractivity contribution in [3.8, 4) is 17.2 Å².